The molecule has 0 bridgehead atoms. The van der Waals surface area contributed by atoms with E-state index in [1.165, 1.54) is 0 Å². The lowest BCUT2D eigenvalue weighted by molar-refractivity contribution is -0.129. The van der Waals surface area contributed by atoms with Gasteiger partial charge in [-0.3, -0.25) is 4.79 Å². The van der Waals surface area contributed by atoms with E-state index in [0.717, 1.165) is 42.3 Å². The molecule has 2 aliphatic heterocycles. The number of anilines is 1. The summed E-state index contributed by atoms with van der Waals surface area (Å²) >= 11 is 6.40. The molecule has 2 N–H and O–H groups in total. The monoisotopic (exact) mass is 293 g/mol. The minimum Gasteiger partial charge on any atom is -0.366 e. The molecule has 2 saturated heterocycles. The van der Waals surface area contributed by atoms with Crippen LogP contribution in [0.3, 0.4) is 0 Å². The molecular weight excluding hydrogens is 274 g/mol. The van der Waals surface area contributed by atoms with Crippen molar-refractivity contribution in [3.63, 3.8) is 0 Å². The van der Waals surface area contributed by atoms with Gasteiger partial charge in [-0.25, -0.2) is 0 Å². The van der Waals surface area contributed by atoms with Crippen molar-refractivity contribution >= 4 is 23.2 Å². The third-order valence-corrected chi connectivity index (χ3v) is 4.64. The molecular formula is C15H20ClN3O. The van der Waals surface area contributed by atoms with Crippen molar-refractivity contribution < 1.29 is 4.79 Å². The van der Waals surface area contributed by atoms with Crippen LogP contribution in [-0.2, 0) is 4.79 Å². The summed E-state index contributed by atoms with van der Waals surface area (Å²) < 4.78 is 0. The van der Waals surface area contributed by atoms with Crippen LogP contribution in [-0.4, -0.2) is 36.5 Å². The summed E-state index contributed by atoms with van der Waals surface area (Å²) in [7, 11) is 0. The van der Waals surface area contributed by atoms with Gasteiger partial charge in [0.15, 0.2) is 0 Å². The maximum absolute atomic E-state index is 11.7. The van der Waals surface area contributed by atoms with Crippen molar-refractivity contribution in [1.29, 1.82) is 0 Å². The lowest BCUT2D eigenvalue weighted by Gasteiger charge is -2.39. The van der Waals surface area contributed by atoms with Gasteiger partial charge in [0.25, 0.3) is 0 Å². The normalized spacial score (nSPS) is 23.9. The quantitative estimate of drug-likeness (QED) is 0.909. The zero-order valence-corrected chi connectivity index (χ0v) is 12.4. The van der Waals surface area contributed by atoms with Crippen LogP contribution in [0.15, 0.2) is 18.2 Å². The lowest BCUT2D eigenvalue weighted by atomic mass is 10.1. The van der Waals surface area contributed by atoms with Gasteiger partial charge in [0.1, 0.15) is 0 Å². The van der Waals surface area contributed by atoms with Gasteiger partial charge in [-0.1, -0.05) is 17.7 Å². The highest BCUT2D eigenvalue weighted by Gasteiger charge is 2.35. The standard InChI is InChI=1S/C15H20ClN3O/c1-10(17)11-2-4-14(13(16)8-11)18-6-7-19-12(9-18)3-5-15(19)20/h2,4,8,10,12H,3,5-7,9,17H2,1H3/t10-,12?/m0/s1. The molecule has 0 aliphatic carbocycles. The van der Waals surface area contributed by atoms with Gasteiger partial charge in [0.2, 0.25) is 5.91 Å². The summed E-state index contributed by atoms with van der Waals surface area (Å²) in [4.78, 5) is 16.0. The topological polar surface area (TPSA) is 49.6 Å². The molecule has 1 amide bonds. The Balaban J connectivity index is 1.79. The second-order valence-electron chi connectivity index (χ2n) is 5.73. The Labute approximate surface area is 124 Å². The Bertz CT molecular complexity index is 532. The van der Waals surface area contributed by atoms with Crippen LogP contribution in [0.2, 0.25) is 5.02 Å². The van der Waals surface area contributed by atoms with E-state index in [4.69, 9.17) is 17.3 Å². The molecule has 4 nitrogen and oxygen atoms in total. The van der Waals surface area contributed by atoms with E-state index in [1.54, 1.807) is 0 Å². The fraction of sp³-hybridized carbons (Fsp3) is 0.533. The van der Waals surface area contributed by atoms with Crippen molar-refractivity contribution in [3.8, 4) is 0 Å². The molecule has 2 heterocycles. The molecule has 0 aromatic heterocycles. The number of amides is 1. The maximum Gasteiger partial charge on any atom is 0.223 e. The molecule has 20 heavy (non-hydrogen) atoms. The van der Waals surface area contributed by atoms with Crippen molar-refractivity contribution in [2.75, 3.05) is 24.5 Å². The zero-order valence-electron chi connectivity index (χ0n) is 11.7. The first-order chi connectivity index (χ1) is 9.56. The molecule has 0 spiro atoms. The van der Waals surface area contributed by atoms with Gasteiger partial charge in [0.05, 0.1) is 10.7 Å². The maximum atomic E-state index is 11.7. The molecule has 5 heteroatoms. The number of carbonyl (C=O) groups is 1. The van der Waals surface area contributed by atoms with Crippen LogP contribution in [0.25, 0.3) is 0 Å². The van der Waals surface area contributed by atoms with Crippen LogP contribution < -0.4 is 10.6 Å². The first-order valence-electron chi connectivity index (χ1n) is 7.15. The minimum absolute atomic E-state index is 0.00847. The Kier molecular flexibility index (Phi) is 3.61. The van der Waals surface area contributed by atoms with Gasteiger partial charge < -0.3 is 15.5 Å². The Hall–Kier alpha value is -1.26. The van der Waals surface area contributed by atoms with Crippen LogP contribution in [0.4, 0.5) is 5.69 Å². The fourth-order valence-corrected chi connectivity index (χ4v) is 3.45. The molecule has 0 radical (unpaired) electrons. The summed E-state index contributed by atoms with van der Waals surface area (Å²) in [5.41, 5.74) is 7.98. The highest BCUT2D eigenvalue weighted by Crippen LogP contribution is 2.32. The molecule has 1 aromatic carbocycles. The number of fused-ring (bicyclic) bond motifs is 1. The Morgan fingerprint density at radius 2 is 2.20 bits per heavy atom. The van der Waals surface area contributed by atoms with E-state index >= 15 is 0 Å². The molecule has 0 saturated carbocycles. The minimum atomic E-state index is -0.00847. The third-order valence-electron chi connectivity index (χ3n) is 4.33. The van der Waals surface area contributed by atoms with E-state index in [1.807, 2.05) is 30.0 Å². The summed E-state index contributed by atoms with van der Waals surface area (Å²) in [6.07, 6.45) is 1.65. The number of halogens is 1. The summed E-state index contributed by atoms with van der Waals surface area (Å²) in [5.74, 6) is 0.299. The molecule has 1 unspecified atom stereocenters. The van der Waals surface area contributed by atoms with E-state index in [0.29, 0.717) is 18.4 Å². The average Bonchev–Trinajstić information content (AvgIpc) is 2.79. The number of carbonyl (C=O) groups excluding carboxylic acids is 1. The van der Waals surface area contributed by atoms with E-state index < -0.39 is 0 Å². The van der Waals surface area contributed by atoms with Gasteiger partial charge in [0, 0.05) is 38.1 Å². The largest absolute Gasteiger partial charge is 0.366 e. The Morgan fingerprint density at radius 3 is 2.90 bits per heavy atom. The SMILES string of the molecule is C[C@H](N)c1ccc(N2CCN3C(=O)CCC3C2)c(Cl)c1. The summed E-state index contributed by atoms with van der Waals surface area (Å²) in [5, 5.41) is 0.748. The Morgan fingerprint density at radius 1 is 1.40 bits per heavy atom. The van der Waals surface area contributed by atoms with Gasteiger partial charge in [-0.05, 0) is 31.0 Å². The van der Waals surface area contributed by atoms with E-state index in [2.05, 4.69) is 4.90 Å². The number of nitrogens with two attached hydrogens (primary N) is 1. The summed E-state index contributed by atoms with van der Waals surface area (Å²) in [6, 6.07) is 6.38. The predicted molar refractivity (Wildman–Crippen MR) is 81.0 cm³/mol. The average molecular weight is 294 g/mol. The van der Waals surface area contributed by atoms with Crippen LogP contribution in [0, 0.1) is 0 Å². The fourth-order valence-electron chi connectivity index (χ4n) is 3.15. The summed E-state index contributed by atoms with van der Waals surface area (Å²) in [6.45, 7) is 4.48. The number of rotatable bonds is 2. The number of benzene rings is 1. The molecule has 3 rings (SSSR count). The van der Waals surface area contributed by atoms with Crippen LogP contribution >= 0.6 is 11.6 Å². The number of hydrogen-bond acceptors (Lipinski definition) is 3. The molecule has 2 atom stereocenters. The number of nitrogens with zero attached hydrogens (tertiary/aromatic N) is 2. The van der Waals surface area contributed by atoms with Gasteiger partial charge >= 0.3 is 0 Å². The molecule has 1 aromatic rings. The van der Waals surface area contributed by atoms with E-state index in [-0.39, 0.29) is 6.04 Å². The van der Waals surface area contributed by atoms with Crippen molar-refractivity contribution in [2.45, 2.75) is 31.8 Å². The molecule has 2 aliphatic rings. The second-order valence-corrected chi connectivity index (χ2v) is 6.13. The van der Waals surface area contributed by atoms with Crippen molar-refractivity contribution in [1.82, 2.24) is 4.90 Å². The first-order valence-corrected chi connectivity index (χ1v) is 7.53. The van der Waals surface area contributed by atoms with Gasteiger partial charge in [-0.15, -0.1) is 0 Å². The van der Waals surface area contributed by atoms with Gasteiger partial charge in [-0.2, -0.15) is 0 Å². The number of hydrogen-bond donors (Lipinski definition) is 1. The highest BCUT2D eigenvalue weighted by molar-refractivity contribution is 6.33. The third kappa shape index (κ3) is 2.38. The van der Waals surface area contributed by atoms with Crippen LogP contribution in [0.1, 0.15) is 31.4 Å². The lowest BCUT2D eigenvalue weighted by Crippen LogP contribution is -2.51. The molecule has 2 fully saturated rings. The highest BCUT2D eigenvalue weighted by atomic mass is 35.5. The van der Waals surface area contributed by atoms with Crippen molar-refractivity contribution in [3.05, 3.63) is 28.8 Å². The molecule has 108 valence electrons. The number of piperazine rings is 1. The van der Waals surface area contributed by atoms with Crippen molar-refractivity contribution in [2.24, 2.45) is 5.73 Å². The second kappa shape index (κ2) is 5.26. The van der Waals surface area contributed by atoms with Crippen LogP contribution in [0.5, 0.6) is 0 Å². The first kappa shape index (κ1) is 13.7. The predicted octanol–water partition coefficient (Wildman–Crippen LogP) is 2.17. The smallest absolute Gasteiger partial charge is 0.223 e. The van der Waals surface area contributed by atoms with E-state index in [9.17, 15) is 4.79 Å². The zero-order chi connectivity index (χ0) is 14.3.